The molecule has 0 aliphatic rings. The van der Waals surface area contributed by atoms with Crippen LogP contribution in [0.4, 0.5) is 11.4 Å². The van der Waals surface area contributed by atoms with E-state index in [1.54, 1.807) is 24.3 Å². The van der Waals surface area contributed by atoms with Crippen LogP contribution in [0.2, 0.25) is 5.02 Å². The molecule has 106 valence electrons. The van der Waals surface area contributed by atoms with Gasteiger partial charge in [0.2, 0.25) is 0 Å². The Hall–Kier alpha value is -2.40. The molecule has 0 bridgehead atoms. The summed E-state index contributed by atoms with van der Waals surface area (Å²) in [6.07, 6.45) is 0. The van der Waals surface area contributed by atoms with Crippen molar-refractivity contribution in [2.24, 2.45) is 0 Å². The second kappa shape index (κ2) is 4.86. The summed E-state index contributed by atoms with van der Waals surface area (Å²) in [5, 5.41) is 7.81. The number of nitrogens with zero attached hydrogens (tertiary/aromatic N) is 2. The van der Waals surface area contributed by atoms with E-state index in [-0.39, 0.29) is 11.4 Å². The highest BCUT2D eigenvalue weighted by atomic mass is 35.5. The number of aromatic nitrogens is 2. The van der Waals surface area contributed by atoms with Crippen LogP contribution in [0.15, 0.2) is 39.9 Å². The van der Waals surface area contributed by atoms with Gasteiger partial charge in [-0.25, -0.2) is 4.68 Å². The van der Waals surface area contributed by atoms with E-state index in [4.69, 9.17) is 11.6 Å². The number of nitrogens with one attached hydrogen (secondary N) is 1. The van der Waals surface area contributed by atoms with Gasteiger partial charge in [0.05, 0.1) is 5.69 Å². The molecule has 5 nitrogen and oxygen atoms in total. The molecule has 0 radical (unpaired) electrons. The van der Waals surface area contributed by atoms with E-state index in [1.165, 1.54) is 4.68 Å². The van der Waals surface area contributed by atoms with Crippen molar-refractivity contribution in [2.75, 3.05) is 5.32 Å². The lowest BCUT2D eigenvalue weighted by Gasteiger charge is -2.14. The molecule has 0 unspecified atom stereocenters. The molecule has 1 heterocycles. The lowest BCUT2D eigenvalue weighted by Crippen LogP contribution is -2.38. The van der Waals surface area contributed by atoms with E-state index >= 15 is 0 Å². The first kappa shape index (κ1) is 13.6. The molecule has 1 aromatic heterocycles. The number of anilines is 2. The number of hydrogen-bond acceptors (Lipinski definition) is 4. The highest BCUT2D eigenvalue weighted by molar-refractivity contribution is 6.30. The van der Waals surface area contributed by atoms with E-state index in [9.17, 15) is 9.59 Å². The van der Waals surface area contributed by atoms with Gasteiger partial charge < -0.3 is 5.32 Å². The predicted molar refractivity (Wildman–Crippen MR) is 82.7 cm³/mol. The molecular weight excluding hydrogens is 290 g/mol. The molecule has 2 aromatic carbocycles. The molecule has 0 saturated carbocycles. The smallest absolute Gasteiger partial charge is 0.255 e. The summed E-state index contributed by atoms with van der Waals surface area (Å²) in [5.41, 5.74) is 1.75. The summed E-state index contributed by atoms with van der Waals surface area (Å²) in [5.74, 6) is 0. The molecule has 3 rings (SSSR count). The number of aryl methyl sites for hydroxylation is 2. The zero-order valence-corrected chi connectivity index (χ0v) is 12.2. The Labute approximate surface area is 125 Å². The Bertz CT molecular complexity index is 887. The predicted octanol–water partition coefficient (Wildman–Crippen LogP) is 2.48. The lowest BCUT2D eigenvalue weighted by atomic mass is 10.1. The average Bonchev–Trinajstić information content (AvgIpc) is 2.78. The van der Waals surface area contributed by atoms with Gasteiger partial charge in [0.1, 0.15) is 11.4 Å². The Balaban J connectivity index is 2.03. The summed E-state index contributed by atoms with van der Waals surface area (Å²) in [6.45, 7) is 3.67. The average molecular weight is 302 g/mol. The molecule has 0 aliphatic heterocycles. The van der Waals surface area contributed by atoms with Crippen molar-refractivity contribution < 1.29 is 0 Å². The normalized spacial score (nSPS) is 11.0. The zero-order valence-electron chi connectivity index (χ0n) is 11.5. The van der Waals surface area contributed by atoms with Crippen LogP contribution in [-0.4, -0.2) is 9.78 Å². The first-order valence-corrected chi connectivity index (χ1v) is 6.74. The summed E-state index contributed by atoms with van der Waals surface area (Å²) in [6, 6.07) is 8.74. The molecule has 3 aromatic rings. The third-order valence-corrected chi connectivity index (χ3v) is 3.47. The second-order valence-corrected chi connectivity index (χ2v) is 5.29. The monoisotopic (exact) mass is 301 g/mol. The minimum atomic E-state index is -0.535. The SMILES string of the molecule is Cc1cc(C)n(-c2c(Nc3ccc(Cl)cc3)c(=O)c2=O)n1. The molecule has 6 heteroatoms. The van der Waals surface area contributed by atoms with E-state index in [0.717, 1.165) is 11.4 Å². The van der Waals surface area contributed by atoms with E-state index < -0.39 is 10.9 Å². The van der Waals surface area contributed by atoms with Gasteiger partial charge in [-0.15, -0.1) is 0 Å². The molecule has 1 N–H and O–H groups in total. The van der Waals surface area contributed by atoms with Gasteiger partial charge in [-0.1, -0.05) is 11.6 Å². The Kier molecular flexibility index (Phi) is 3.14. The fourth-order valence-corrected chi connectivity index (χ4v) is 2.36. The minimum Gasteiger partial charge on any atom is -0.350 e. The highest BCUT2D eigenvalue weighted by Crippen LogP contribution is 2.22. The first-order valence-electron chi connectivity index (χ1n) is 6.37. The van der Waals surface area contributed by atoms with Gasteiger partial charge in [0.15, 0.2) is 0 Å². The van der Waals surface area contributed by atoms with Crippen LogP contribution in [-0.2, 0) is 0 Å². The summed E-state index contributed by atoms with van der Waals surface area (Å²) in [4.78, 5) is 23.6. The van der Waals surface area contributed by atoms with Crippen LogP contribution in [0.5, 0.6) is 0 Å². The Morgan fingerprint density at radius 1 is 1.10 bits per heavy atom. The van der Waals surface area contributed by atoms with Crippen molar-refractivity contribution in [1.82, 2.24) is 9.78 Å². The summed E-state index contributed by atoms with van der Waals surface area (Å²) in [7, 11) is 0. The molecule has 0 amide bonds. The van der Waals surface area contributed by atoms with E-state index in [1.807, 2.05) is 19.9 Å². The number of hydrogen-bond donors (Lipinski definition) is 1. The van der Waals surface area contributed by atoms with Gasteiger partial charge >= 0.3 is 0 Å². The fourth-order valence-electron chi connectivity index (χ4n) is 2.23. The molecule has 0 aliphatic carbocycles. The topological polar surface area (TPSA) is 64.0 Å². The fraction of sp³-hybridized carbons (Fsp3) is 0.133. The second-order valence-electron chi connectivity index (χ2n) is 4.85. The quantitative estimate of drug-likeness (QED) is 0.755. The van der Waals surface area contributed by atoms with Crippen molar-refractivity contribution in [3.05, 3.63) is 67.2 Å². The van der Waals surface area contributed by atoms with Gasteiger partial charge in [0.25, 0.3) is 10.9 Å². The molecule has 0 fully saturated rings. The molecular formula is C15H12ClN3O2. The molecule has 21 heavy (non-hydrogen) atoms. The van der Waals surface area contributed by atoms with E-state index in [2.05, 4.69) is 10.4 Å². The van der Waals surface area contributed by atoms with Crippen molar-refractivity contribution in [3.63, 3.8) is 0 Å². The Morgan fingerprint density at radius 3 is 2.33 bits per heavy atom. The molecule has 0 atom stereocenters. The van der Waals surface area contributed by atoms with Crippen LogP contribution in [0.25, 0.3) is 5.69 Å². The van der Waals surface area contributed by atoms with Crippen LogP contribution in [0.1, 0.15) is 11.4 Å². The maximum Gasteiger partial charge on any atom is 0.255 e. The maximum atomic E-state index is 11.8. The van der Waals surface area contributed by atoms with Gasteiger partial charge in [0, 0.05) is 16.4 Å². The third-order valence-electron chi connectivity index (χ3n) is 3.22. The van der Waals surface area contributed by atoms with Crippen molar-refractivity contribution in [3.8, 4) is 5.69 Å². The van der Waals surface area contributed by atoms with Crippen molar-refractivity contribution in [1.29, 1.82) is 0 Å². The van der Waals surface area contributed by atoms with Crippen LogP contribution >= 0.6 is 11.6 Å². The summed E-state index contributed by atoms with van der Waals surface area (Å²) < 4.78 is 1.50. The molecule has 0 spiro atoms. The minimum absolute atomic E-state index is 0.258. The Morgan fingerprint density at radius 2 is 1.76 bits per heavy atom. The molecule has 0 saturated heterocycles. The number of rotatable bonds is 3. The van der Waals surface area contributed by atoms with E-state index in [0.29, 0.717) is 10.7 Å². The van der Waals surface area contributed by atoms with Gasteiger partial charge in [-0.2, -0.15) is 5.10 Å². The number of benzene rings is 1. The van der Waals surface area contributed by atoms with Gasteiger partial charge in [-0.3, -0.25) is 9.59 Å². The third kappa shape index (κ3) is 2.25. The standard InChI is InChI=1S/C15H12ClN3O2/c1-8-7-9(2)19(18-8)13-12(14(20)15(13)21)17-11-5-3-10(16)4-6-11/h3-7,17H,1-2H3. The van der Waals surface area contributed by atoms with Crippen molar-refractivity contribution in [2.45, 2.75) is 13.8 Å². The zero-order chi connectivity index (χ0) is 15.1. The lowest BCUT2D eigenvalue weighted by molar-refractivity contribution is 0.820. The number of halogens is 1. The van der Waals surface area contributed by atoms with Gasteiger partial charge in [-0.05, 0) is 44.2 Å². The van der Waals surface area contributed by atoms with Crippen LogP contribution in [0.3, 0.4) is 0 Å². The highest BCUT2D eigenvalue weighted by Gasteiger charge is 2.24. The summed E-state index contributed by atoms with van der Waals surface area (Å²) >= 11 is 5.82. The van der Waals surface area contributed by atoms with Crippen molar-refractivity contribution >= 4 is 23.0 Å². The van der Waals surface area contributed by atoms with Crippen LogP contribution < -0.4 is 16.2 Å². The first-order chi connectivity index (χ1) is 9.97. The van der Waals surface area contributed by atoms with Crippen LogP contribution in [0, 0.1) is 13.8 Å². The maximum absolute atomic E-state index is 11.8. The largest absolute Gasteiger partial charge is 0.350 e.